The predicted molar refractivity (Wildman–Crippen MR) is 121 cm³/mol. The van der Waals surface area contributed by atoms with E-state index in [2.05, 4.69) is 5.32 Å². The normalized spacial score (nSPS) is 10.3. The molecule has 3 rings (SSSR count). The van der Waals surface area contributed by atoms with Crippen LogP contribution in [0.3, 0.4) is 0 Å². The Morgan fingerprint density at radius 3 is 2.44 bits per heavy atom. The molecule has 0 aliphatic rings. The average molecular weight is 455 g/mol. The molecule has 0 aliphatic carbocycles. The van der Waals surface area contributed by atoms with Gasteiger partial charge in [0.2, 0.25) is 5.91 Å². The average Bonchev–Trinajstić information content (AvgIpc) is 2.81. The van der Waals surface area contributed by atoms with Crippen molar-refractivity contribution in [2.75, 3.05) is 12.4 Å². The Morgan fingerprint density at radius 1 is 0.969 bits per heavy atom. The lowest BCUT2D eigenvalue weighted by molar-refractivity contribution is -0.116. The number of ether oxygens (including phenoxy) is 2. The maximum absolute atomic E-state index is 12.3. The molecule has 0 heterocycles. The largest absolute Gasteiger partial charge is 0.493 e. The lowest BCUT2D eigenvalue weighted by Gasteiger charge is -2.13. The summed E-state index contributed by atoms with van der Waals surface area (Å²) in [4.78, 5) is 23.6. The first-order chi connectivity index (χ1) is 15.5. The maximum Gasteiger partial charge on any atom is 0.274 e. The van der Waals surface area contributed by atoms with E-state index < -0.39 is 5.91 Å². The summed E-state index contributed by atoms with van der Waals surface area (Å²) in [5, 5.41) is 12.1. The van der Waals surface area contributed by atoms with Gasteiger partial charge in [0.05, 0.1) is 7.11 Å². The Kier molecular flexibility index (Phi) is 8.08. The van der Waals surface area contributed by atoms with Crippen molar-refractivity contribution in [3.8, 4) is 11.5 Å². The van der Waals surface area contributed by atoms with Crippen molar-refractivity contribution < 1.29 is 24.3 Å². The van der Waals surface area contributed by atoms with Crippen LogP contribution in [0.15, 0.2) is 66.7 Å². The van der Waals surface area contributed by atoms with Gasteiger partial charge in [-0.2, -0.15) is 0 Å². The molecule has 0 atom stereocenters. The lowest BCUT2D eigenvalue weighted by Crippen LogP contribution is -2.18. The Morgan fingerprint density at radius 2 is 1.75 bits per heavy atom. The van der Waals surface area contributed by atoms with Crippen molar-refractivity contribution >= 4 is 29.1 Å². The predicted octanol–water partition coefficient (Wildman–Crippen LogP) is 4.62. The van der Waals surface area contributed by atoms with E-state index in [1.54, 1.807) is 30.8 Å². The number of aryl methyl sites for hydroxylation is 1. The molecule has 0 unspecified atom stereocenters. The van der Waals surface area contributed by atoms with E-state index >= 15 is 0 Å². The molecule has 0 radical (unpaired) electrons. The number of hydrogen-bond acceptors (Lipinski definition) is 5. The van der Waals surface area contributed by atoms with E-state index in [9.17, 15) is 9.59 Å². The summed E-state index contributed by atoms with van der Waals surface area (Å²) in [6.45, 7) is 0.359. The van der Waals surface area contributed by atoms with Crippen LogP contribution in [-0.4, -0.2) is 24.1 Å². The van der Waals surface area contributed by atoms with Crippen LogP contribution in [0.25, 0.3) is 0 Å². The fraction of sp³-hybridized carbons (Fsp3) is 0.167. The summed E-state index contributed by atoms with van der Waals surface area (Å²) in [7, 11) is 1.57. The van der Waals surface area contributed by atoms with E-state index in [1.165, 1.54) is 12.1 Å². The third kappa shape index (κ3) is 6.47. The molecular weight excluding hydrogens is 432 g/mol. The van der Waals surface area contributed by atoms with E-state index in [0.717, 1.165) is 11.1 Å². The molecule has 3 N–H and O–H groups in total. The van der Waals surface area contributed by atoms with Gasteiger partial charge in [-0.25, -0.2) is 5.48 Å². The van der Waals surface area contributed by atoms with Crippen LogP contribution < -0.4 is 20.3 Å². The Hall–Kier alpha value is -3.55. The molecule has 8 heteroatoms. The van der Waals surface area contributed by atoms with Crippen molar-refractivity contribution in [2.24, 2.45) is 0 Å². The topological polar surface area (TPSA) is 96.9 Å². The smallest absolute Gasteiger partial charge is 0.274 e. The van der Waals surface area contributed by atoms with Gasteiger partial charge >= 0.3 is 0 Å². The number of amides is 2. The van der Waals surface area contributed by atoms with Crippen LogP contribution in [0.2, 0.25) is 5.02 Å². The van der Waals surface area contributed by atoms with Crippen molar-refractivity contribution in [1.29, 1.82) is 0 Å². The number of benzene rings is 3. The molecule has 0 saturated carbocycles. The zero-order valence-corrected chi connectivity index (χ0v) is 18.2. The molecule has 3 aromatic rings. The third-order valence-corrected chi connectivity index (χ3v) is 4.92. The number of hydroxylamine groups is 1. The van der Waals surface area contributed by atoms with Gasteiger partial charge < -0.3 is 14.8 Å². The molecule has 0 aromatic heterocycles. The van der Waals surface area contributed by atoms with Crippen LogP contribution >= 0.6 is 11.6 Å². The summed E-state index contributed by atoms with van der Waals surface area (Å²) in [5.41, 5.74) is 4.29. The van der Waals surface area contributed by atoms with Crippen molar-refractivity contribution in [1.82, 2.24) is 5.48 Å². The minimum absolute atomic E-state index is 0.162. The number of carbonyl (C=O) groups excluding carboxylic acids is 2. The number of anilines is 1. The quantitative estimate of drug-likeness (QED) is 0.324. The molecule has 0 aliphatic heterocycles. The second-order valence-electron chi connectivity index (χ2n) is 6.97. The number of rotatable bonds is 9. The molecular formula is C24H23ClN2O5. The third-order valence-electron chi connectivity index (χ3n) is 4.68. The zero-order chi connectivity index (χ0) is 22.9. The fourth-order valence-corrected chi connectivity index (χ4v) is 3.24. The zero-order valence-electron chi connectivity index (χ0n) is 17.4. The molecule has 2 amide bonds. The number of methoxy groups -OCH3 is 1. The summed E-state index contributed by atoms with van der Waals surface area (Å²) in [6.07, 6.45) is 0.784. The minimum atomic E-state index is -0.614. The number of nitrogens with one attached hydrogen (secondary N) is 2. The Balaban J connectivity index is 1.54. The van der Waals surface area contributed by atoms with E-state index in [1.807, 2.05) is 36.4 Å². The van der Waals surface area contributed by atoms with Crippen LogP contribution in [-0.2, 0) is 17.8 Å². The molecule has 166 valence electrons. The molecule has 0 spiro atoms. The summed E-state index contributed by atoms with van der Waals surface area (Å²) >= 11 is 6.00. The molecule has 0 bridgehead atoms. The van der Waals surface area contributed by atoms with Gasteiger partial charge in [-0.3, -0.25) is 14.8 Å². The van der Waals surface area contributed by atoms with E-state index in [-0.39, 0.29) is 17.9 Å². The molecule has 3 aromatic carbocycles. The number of hydrogen-bond donors (Lipinski definition) is 3. The highest BCUT2D eigenvalue weighted by Crippen LogP contribution is 2.29. The van der Waals surface area contributed by atoms with Crippen LogP contribution in [0.1, 0.15) is 27.9 Å². The van der Waals surface area contributed by atoms with Crippen molar-refractivity contribution in [3.05, 3.63) is 88.4 Å². The maximum atomic E-state index is 12.3. The summed E-state index contributed by atoms with van der Waals surface area (Å²) < 4.78 is 11.3. The number of carbonyl (C=O) groups is 2. The van der Waals surface area contributed by atoms with E-state index in [4.69, 9.17) is 26.3 Å². The molecule has 0 saturated heterocycles. The van der Waals surface area contributed by atoms with Gasteiger partial charge in [-0.05, 0) is 66.1 Å². The highest BCUT2D eigenvalue weighted by atomic mass is 35.5. The first-order valence-electron chi connectivity index (χ1n) is 9.87. The van der Waals surface area contributed by atoms with Gasteiger partial charge in [-0.1, -0.05) is 29.8 Å². The highest BCUT2D eigenvalue weighted by Gasteiger charge is 2.10. The highest BCUT2D eigenvalue weighted by molar-refractivity contribution is 6.30. The molecule has 0 fully saturated rings. The van der Waals surface area contributed by atoms with Crippen molar-refractivity contribution in [3.63, 3.8) is 0 Å². The van der Waals surface area contributed by atoms with Gasteiger partial charge in [-0.15, -0.1) is 0 Å². The lowest BCUT2D eigenvalue weighted by atomic mass is 10.1. The Bertz CT molecular complexity index is 1090. The first kappa shape index (κ1) is 23.1. The minimum Gasteiger partial charge on any atom is -0.493 e. The van der Waals surface area contributed by atoms with Gasteiger partial charge in [0.25, 0.3) is 5.91 Å². The summed E-state index contributed by atoms with van der Waals surface area (Å²) in [6, 6.07) is 19.2. The fourth-order valence-electron chi connectivity index (χ4n) is 3.03. The van der Waals surface area contributed by atoms with Gasteiger partial charge in [0, 0.05) is 22.7 Å². The monoisotopic (exact) mass is 454 g/mol. The second-order valence-corrected chi connectivity index (χ2v) is 7.41. The van der Waals surface area contributed by atoms with E-state index in [0.29, 0.717) is 35.2 Å². The second kappa shape index (κ2) is 11.2. The van der Waals surface area contributed by atoms with Crippen LogP contribution in [0.4, 0.5) is 5.69 Å². The SMILES string of the molecule is COc1cc(CCC(=O)Nc2ccc(C(=O)NO)cc2)ccc1OCc1cccc(Cl)c1. The van der Waals surface area contributed by atoms with Gasteiger partial charge in [0.1, 0.15) is 6.61 Å². The molecule has 32 heavy (non-hydrogen) atoms. The molecule has 7 nitrogen and oxygen atoms in total. The number of halogens is 1. The van der Waals surface area contributed by atoms with Crippen LogP contribution in [0, 0.1) is 0 Å². The first-order valence-corrected chi connectivity index (χ1v) is 10.2. The van der Waals surface area contributed by atoms with Gasteiger partial charge in [0.15, 0.2) is 11.5 Å². The standard InChI is InChI=1S/C24H23ClN2O5/c1-31-22-14-16(5-11-21(22)32-15-17-3-2-4-19(25)13-17)6-12-23(28)26-20-9-7-18(8-10-20)24(29)27-30/h2-5,7-11,13-14,30H,6,12,15H2,1H3,(H,26,28)(H,27,29). The van der Waals surface area contributed by atoms with Crippen LogP contribution in [0.5, 0.6) is 11.5 Å². The Labute approximate surface area is 190 Å². The summed E-state index contributed by atoms with van der Waals surface area (Å²) in [5.74, 6) is 0.414. The van der Waals surface area contributed by atoms with Crippen molar-refractivity contribution in [2.45, 2.75) is 19.4 Å².